The van der Waals surface area contributed by atoms with Crippen molar-refractivity contribution in [3.63, 3.8) is 0 Å². The van der Waals surface area contributed by atoms with E-state index in [-0.39, 0.29) is 12.3 Å². The van der Waals surface area contributed by atoms with E-state index < -0.39 is 11.7 Å². The molecule has 0 radical (unpaired) electrons. The summed E-state index contributed by atoms with van der Waals surface area (Å²) in [5.41, 5.74) is 1.45. The molecule has 2 aromatic rings. The molecule has 1 amide bonds. The number of fused-ring (bicyclic) bond motifs is 1. The Morgan fingerprint density at radius 1 is 1.12 bits per heavy atom. The van der Waals surface area contributed by atoms with Crippen LogP contribution in [0.4, 0.5) is 10.1 Å². The summed E-state index contributed by atoms with van der Waals surface area (Å²) in [5.74, 6) is -0.0468. The monoisotopic (exact) mass is 365 g/mol. The van der Waals surface area contributed by atoms with E-state index in [1.165, 1.54) is 39.5 Å². The predicted molar refractivity (Wildman–Crippen MR) is 92.6 cm³/mol. The average Bonchev–Trinajstić information content (AvgIpc) is 2.61. The Balaban J connectivity index is 2.29. The van der Waals surface area contributed by atoms with Crippen LogP contribution in [0.3, 0.4) is 0 Å². The first-order valence-electron chi connectivity index (χ1n) is 7.57. The number of benzene rings is 2. The third-order valence-corrected chi connectivity index (χ3v) is 4.45. The third kappa shape index (κ3) is 2.98. The van der Waals surface area contributed by atoms with Crippen LogP contribution in [-0.2, 0) is 4.79 Å². The van der Waals surface area contributed by atoms with Gasteiger partial charge >= 0.3 is 0 Å². The number of amides is 1. The van der Waals surface area contributed by atoms with Crippen LogP contribution in [-0.4, -0.2) is 27.2 Å². The Morgan fingerprint density at radius 2 is 1.84 bits per heavy atom. The lowest BCUT2D eigenvalue weighted by molar-refractivity contribution is -0.116. The van der Waals surface area contributed by atoms with Gasteiger partial charge in [-0.1, -0.05) is 11.6 Å². The minimum absolute atomic E-state index is 0.0656. The van der Waals surface area contributed by atoms with Gasteiger partial charge in [-0.3, -0.25) is 4.79 Å². The maximum atomic E-state index is 14.5. The second kappa shape index (κ2) is 6.80. The number of hydrogen-bond acceptors (Lipinski definition) is 4. The van der Waals surface area contributed by atoms with E-state index in [1.54, 1.807) is 6.07 Å². The van der Waals surface area contributed by atoms with Gasteiger partial charge in [-0.15, -0.1) is 0 Å². The molecule has 0 saturated heterocycles. The maximum Gasteiger partial charge on any atom is 0.225 e. The highest BCUT2D eigenvalue weighted by Gasteiger charge is 2.34. The molecule has 1 aliphatic heterocycles. The molecular weight excluding hydrogens is 349 g/mol. The van der Waals surface area contributed by atoms with Crippen LogP contribution < -0.4 is 19.5 Å². The molecule has 0 bridgehead atoms. The normalized spacial score (nSPS) is 16.0. The van der Waals surface area contributed by atoms with Crippen LogP contribution in [0.5, 0.6) is 17.2 Å². The van der Waals surface area contributed by atoms with Gasteiger partial charge in [-0.2, -0.15) is 0 Å². The van der Waals surface area contributed by atoms with Gasteiger partial charge < -0.3 is 19.5 Å². The second-order valence-electron chi connectivity index (χ2n) is 5.58. The maximum absolute atomic E-state index is 14.5. The lowest BCUT2D eigenvalue weighted by Gasteiger charge is -2.29. The van der Waals surface area contributed by atoms with Crippen molar-refractivity contribution in [1.29, 1.82) is 0 Å². The number of carbonyl (C=O) groups excluding carboxylic acids is 1. The summed E-state index contributed by atoms with van der Waals surface area (Å²) in [6, 6.07) is 5.93. The lowest BCUT2D eigenvalue weighted by Crippen LogP contribution is -2.25. The molecule has 1 N–H and O–H groups in total. The fourth-order valence-corrected chi connectivity index (χ4v) is 3.34. The average molecular weight is 366 g/mol. The van der Waals surface area contributed by atoms with Crippen molar-refractivity contribution in [2.24, 2.45) is 0 Å². The van der Waals surface area contributed by atoms with Gasteiger partial charge in [0.05, 0.1) is 27.0 Å². The van der Waals surface area contributed by atoms with E-state index >= 15 is 0 Å². The van der Waals surface area contributed by atoms with Gasteiger partial charge in [0.15, 0.2) is 11.5 Å². The molecule has 3 rings (SSSR count). The largest absolute Gasteiger partial charge is 0.493 e. The molecule has 1 unspecified atom stereocenters. The number of methoxy groups -OCH3 is 3. The third-order valence-electron chi connectivity index (χ3n) is 4.21. The van der Waals surface area contributed by atoms with Crippen molar-refractivity contribution in [2.75, 3.05) is 26.6 Å². The smallest absolute Gasteiger partial charge is 0.225 e. The molecule has 2 aromatic carbocycles. The predicted octanol–water partition coefficient (Wildman–Crippen LogP) is 3.98. The van der Waals surface area contributed by atoms with E-state index in [0.29, 0.717) is 39.1 Å². The Bertz CT molecular complexity index is 840. The van der Waals surface area contributed by atoms with Crippen LogP contribution in [0.15, 0.2) is 24.3 Å². The van der Waals surface area contributed by atoms with Gasteiger partial charge in [0.1, 0.15) is 5.82 Å². The lowest BCUT2D eigenvalue weighted by atomic mass is 9.83. The SMILES string of the molecule is COc1cc2c(c(OC)c1OC)C(c1cc(Cl)ccc1F)CC(=O)N2. The molecule has 132 valence electrons. The molecule has 0 aromatic heterocycles. The van der Waals surface area contributed by atoms with E-state index in [2.05, 4.69) is 5.32 Å². The molecule has 0 aliphatic carbocycles. The summed E-state index contributed by atoms with van der Waals surface area (Å²) in [4.78, 5) is 12.2. The molecule has 7 heteroatoms. The standard InChI is InChI=1S/C18H17ClFNO4/c1-23-14-8-13-16(18(25-3)17(14)24-2)11(7-15(22)21-13)10-6-9(19)4-5-12(10)20/h4-6,8,11H,7H2,1-3H3,(H,21,22). The van der Waals surface area contributed by atoms with E-state index in [4.69, 9.17) is 25.8 Å². The van der Waals surface area contributed by atoms with Crippen molar-refractivity contribution < 1.29 is 23.4 Å². The van der Waals surface area contributed by atoms with Crippen LogP contribution in [0, 0.1) is 5.82 Å². The van der Waals surface area contributed by atoms with Gasteiger partial charge in [-0.25, -0.2) is 4.39 Å². The minimum atomic E-state index is -0.558. The van der Waals surface area contributed by atoms with Crippen LogP contribution in [0.2, 0.25) is 5.02 Å². The zero-order valence-electron chi connectivity index (χ0n) is 14.0. The molecule has 5 nitrogen and oxygen atoms in total. The Labute approximate surface area is 149 Å². The highest BCUT2D eigenvalue weighted by atomic mass is 35.5. The number of nitrogens with one attached hydrogen (secondary N) is 1. The number of halogens is 2. The number of rotatable bonds is 4. The van der Waals surface area contributed by atoms with E-state index in [1.807, 2.05) is 0 Å². The van der Waals surface area contributed by atoms with Crippen LogP contribution in [0.1, 0.15) is 23.5 Å². The fraction of sp³-hybridized carbons (Fsp3) is 0.278. The number of anilines is 1. The first-order chi connectivity index (χ1) is 12.0. The summed E-state index contributed by atoms with van der Waals surface area (Å²) in [5, 5.41) is 3.18. The number of ether oxygens (including phenoxy) is 3. The summed E-state index contributed by atoms with van der Waals surface area (Å²) in [7, 11) is 4.46. The molecule has 25 heavy (non-hydrogen) atoms. The van der Waals surface area contributed by atoms with Crippen molar-refractivity contribution in [2.45, 2.75) is 12.3 Å². The van der Waals surface area contributed by atoms with Gasteiger partial charge in [0.25, 0.3) is 0 Å². The zero-order valence-corrected chi connectivity index (χ0v) is 14.7. The van der Waals surface area contributed by atoms with Crippen molar-refractivity contribution >= 4 is 23.2 Å². The van der Waals surface area contributed by atoms with E-state index in [9.17, 15) is 9.18 Å². The summed E-state index contributed by atoms with van der Waals surface area (Å²) in [6.07, 6.45) is 0.0656. The molecule has 1 aliphatic rings. The zero-order chi connectivity index (χ0) is 18.1. The quantitative estimate of drug-likeness (QED) is 0.890. The minimum Gasteiger partial charge on any atom is -0.493 e. The highest BCUT2D eigenvalue weighted by molar-refractivity contribution is 6.30. The van der Waals surface area contributed by atoms with Crippen molar-refractivity contribution in [1.82, 2.24) is 0 Å². The van der Waals surface area contributed by atoms with Gasteiger partial charge in [0, 0.05) is 29.0 Å². The van der Waals surface area contributed by atoms with Crippen LogP contribution in [0.25, 0.3) is 0 Å². The Morgan fingerprint density at radius 3 is 2.48 bits per heavy atom. The summed E-state index contributed by atoms with van der Waals surface area (Å²) < 4.78 is 30.7. The molecule has 1 atom stereocenters. The first-order valence-corrected chi connectivity index (χ1v) is 7.95. The highest BCUT2D eigenvalue weighted by Crippen LogP contribution is 2.51. The molecule has 0 spiro atoms. The van der Waals surface area contributed by atoms with Crippen molar-refractivity contribution in [3.05, 3.63) is 46.2 Å². The molecule has 0 fully saturated rings. The Kier molecular flexibility index (Phi) is 4.72. The second-order valence-corrected chi connectivity index (χ2v) is 6.01. The molecule has 1 heterocycles. The van der Waals surface area contributed by atoms with Crippen molar-refractivity contribution in [3.8, 4) is 17.2 Å². The fourth-order valence-electron chi connectivity index (χ4n) is 3.16. The molecular formula is C18H17ClFNO4. The van der Waals surface area contributed by atoms with Gasteiger partial charge in [-0.05, 0) is 23.8 Å². The van der Waals surface area contributed by atoms with Crippen LogP contribution >= 0.6 is 11.6 Å². The summed E-state index contributed by atoms with van der Waals surface area (Å²) in [6.45, 7) is 0. The number of hydrogen-bond donors (Lipinski definition) is 1. The summed E-state index contributed by atoms with van der Waals surface area (Å²) >= 11 is 6.04. The molecule has 0 saturated carbocycles. The number of carbonyl (C=O) groups is 1. The first kappa shape index (κ1) is 17.4. The van der Waals surface area contributed by atoms with E-state index in [0.717, 1.165) is 0 Å². The Hall–Kier alpha value is -2.47. The van der Waals surface area contributed by atoms with Gasteiger partial charge in [0.2, 0.25) is 11.7 Å². The topological polar surface area (TPSA) is 56.8 Å².